The van der Waals surface area contributed by atoms with Crippen molar-refractivity contribution >= 4 is 27.1 Å². The molecule has 1 aliphatic rings. The molecule has 0 saturated carbocycles. The van der Waals surface area contributed by atoms with E-state index in [-0.39, 0.29) is 42.5 Å². The Kier molecular flexibility index (Phi) is 6.60. The highest BCUT2D eigenvalue weighted by atomic mass is 32.2. The summed E-state index contributed by atoms with van der Waals surface area (Å²) >= 11 is 0. The fourth-order valence-electron chi connectivity index (χ4n) is 3.44. The van der Waals surface area contributed by atoms with Crippen molar-refractivity contribution in [3.63, 3.8) is 0 Å². The molecule has 2 aromatic heterocycles. The van der Waals surface area contributed by atoms with E-state index in [1.807, 2.05) is 0 Å². The zero-order valence-corrected chi connectivity index (χ0v) is 18.5. The van der Waals surface area contributed by atoms with Crippen molar-refractivity contribution in [3.05, 3.63) is 35.2 Å². The fraction of sp³-hybridized carbons (Fsp3) is 0.474. The third kappa shape index (κ3) is 5.72. The van der Waals surface area contributed by atoms with E-state index >= 15 is 0 Å². The van der Waals surface area contributed by atoms with Gasteiger partial charge < -0.3 is 10.2 Å². The molecule has 1 saturated heterocycles. The van der Waals surface area contributed by atoms with Crippen LogP contribution in [0.1, 0.15) is 40.9 Å². The largest absolute Gasteiger partial charge is 0.435 e. The lowest BCUT2D eigenvalue weighted by atomic mass is 10.1. The standard InChI is InChI=1S/C19H21F5N6O2S/c1-11-14(17(31)27-12-4-7-26-13(10-12)33(2,25)32)16(29-28-15(11)19(22,23)24)30-8-3-5-18(20,21)6-9-30/h4,7,10,25H,3,5-6,8-9H2,1-2H3,(H,26,27,31). The van der Waals surface area contributed by atoms with Crippen LogP contribution >= 0.6 is 0 Å². The molecule has 1 amide bonds. The summed E-state index contributed by atoms with van der Waals surface area (Å²) in [7, 11) is -3.21. The third-order valence-electron chi connectivity index (χ3n) is 5.10. The smallest absolute Gasteiger partial charge is 0.354 e. The Bertz CT molecular complexity index is 1170. The Balaban J connectivity index is 2.05. The molecule has 1 unspecified atom stereocenters. The van der Waals surface area contributed by atoms with Gasteiger partial charge in [-0.25, -0.2) is 22.8 Å². The van der Waals surface area contributed by atoms with Gasteiger partial charge in [0.1, 0.15) is 5.03 Å². The molecule has 8 nitrogen and oxygen atoms in total. The quantitative estimate of drug-likeness (QED) is 0.622. The second-order valence-corrected chi connectivity index (χ2v) is 9.85. The van der Waals surface area contributed by atoms with Gasteiger partial charge in [-0.1, -0.05) is 0 Å². The van der Waals surface area contributed by atoms with Crippen LogP contribution in [0, 0.1) is 11.7 Å². The summed E-state index contributed by atoms with van der Waals surface area (Å²) < 4.78 is 87.4. The molecule has 0 aromatic carbocycles. The lowest BCUT2D eigenvalue weighted by Crippen LogP contribution is -2.31. The molecule has 2 N–H and O–H groups in total. The number of hydrogen-bond donors (Lipinski definition) is 2. The van der Waals surface area contributed by atoms with E-state index in [1.54, 1.807) is 0 Å². The van der Waals surface area contributed by atoms with Gasteiger partial charge in [0.2, 0.25) is 5.92 Å². The summed E-state index contributed by atoms with van der Waals surface area (Å²) in [6.07, 6.45) is -3.45. The van der Waals surface area contributed by atoms with Crippen LogP contribution in [0.25, 0.3) is 0 Å². The van der Waals surface area contributed by atoms with E-state index in [0.29, 0.717) is 0 Å². The first-order chi connectivity index (χ1) is 15.2. The SMILES string of the molecule is Cc1c(C(F)(F)F)nnc(N2CCCC(F)(F)CC2)c1C(=O)Nc1ccnc(S(C)(=N)=O)c1. The summed E-state index contributed by atoms with van der Waals surface area (Å²) in [5.41, 5.74) is -2.28. The summed E-state index contributed by atoms with van der Waals surface area (Å²) in [6, 6.07) is 2.49. The van der Waals surface area contributed by atoms with Gasteiger partial charge in [-0.3, -0.25) is 4.79 Å². The second kappa shape index (κ2) is 8.80. The predicted molar refractivity (Wildman–Crippen MR) is 110 cm³/mol. The molecule has 3 rings (SSSR count). The third-order valence-corrected chi connectivity index (χ3v) is 6.12. The van der Waals surface area contributed by atoms with E-state index < -0.39 is 51.0 Å². The van der Waals surface area contributed by atoms with Crippen LogP contribution in [-0.2, 0) is 15.9 Å². The van der Waals surface area contributed by atoms with Gasteiger partial charge in [0, 0.05) is 44.1 Å². The fourth-order valence-corrected chi connectivity index (χ4v) is 4.05. The first-order valence-corrected chi connectivity index (χ1v) is 11.7. The highest BCUT2D eigenvalue weighted by Crippen LogP contribution is 2.36. The first-order valence-electron chi connectivity index (χ1n) is 9.77. The van der Waals surface area contributed by atoms with Gasteiger partial charge in [-0.2, -0.15) is 13.2 Å². The van der Waals surface area contributed by atoms with E-state index in [2.05, 4.69) is 20.5 Å². The number of carbonyl (C=O) groups is 1. The summed E-state index contributed by atoms with van der Waals surface area (Å²) in [4.78, 5) is 18.2. The monoisotopic (exact) mass is 492 g/mol. The highest BCUT2D eigenvalue weighted by molar-refractivity contribution is 7.91. The Morgan fingerprint density at radius 3 is 2.58 bits per heavy atom. The summed E-state index contributed by atoms with van der Waals surface area (Å²) in [6.45, 7) is 0.900. The molecule has 2 aromatic rings. The van der Waals surface area contributed by atoms with Crippen molar-refractivity contribution in [1.82, 2.24) is 15.2 Å². The van der Waals surface area contributed by atoms with Crippen molar-refractivity contribution in [3.8, 4) is 0 Å². The maximum atomic E-state index is 13.8. The van der Waals surface area contributed by atoms with Crippen molar-refractivity contribution in [2.24, 2.45) is 0 Å². The lowest BCUT2D eigenvalue weighted by molar-refractivity contribution is -0.142. The Hall–Kier alpha value is -2.90. The van der Waals surface area contributed by atoms with Gasteiger partial charge in [-0.15, -0.1) is 10.2 Å². The number of alkyl halides is 5. The Morgan fingerprint density at radius 1 is 1.24 bits per heavy atom. The molecule has 1 aliphatic heterocycles. The minimum atomic E-state index is -4.89. The minimum Gasteiger partial charge on any atom is -0.354 e. The molecule has 33 heavy (non-hydrogen) atoms. The number of pyridine rings is 1. The van der Waals surface area contributed by atoms with Crippen LogP contribution in [0.4, 0.5) is 33.5 Å². The minimum absolute atomic E-state index is 0.0462. The van der Waals surface area contributed by atoms with E-state index in [4.69, 9.17) is 4.78 Å². The molecule has 3 heterocycles. The van der Waals surface area contributed by atoms with Crippen LogP contribution in [-0.4, -0.2) is 50.6 Å². The maximum Gasteiger partial charge on any atom is 0.435 e. The van der Waals surface area contributed by atoms with Crippen molar-refractivity contribution < 1.29 is 31.0 Å². The number of aromatic nitrogens is 3. The average Bonchev–Trinajstić information content (AvgIpc) is 2.86. The van der Waals surface area contributed by atoms with Crippen molar-refractivity contribution in [2.45, 2.75) is 43.3 Å². The first kappa shape index (κ1) is 24.7. The van der Waals surface area contributed by atoms with Crippen LogP contribution in [0.15, 0.2) is 23.4 Å². The topological polar surface area (TPSA) is 112 Å². The van der Waals surface area contributed by atoms with Gasteiger partial charge >= 0.3 is 6.18 Å². The second-order valence-electron chi connectivity index (χ2n) is 7.75. The van der Waals surface area contributed by atoms with Crippen LogP contribution in [0.3, 0.4) is 0 Å². The Morgan fingerprint density at radius 2 is 1.94 bits per heavy atom. The molecule has 180 valence electrons. The Labute approximate surface area is 186 Å². The van der Waals surface area contributed by atoms with Gasteiger partial charge in [-0.05, 0) is 31.0 Å². The predicted octanol–water partition coefficient (Wildman–Crippen LogP) is 4.11. The van der Waals surface area contributed by atoms with Crippen LogP contribution in [0.2, 0.25) is 0 Å². The molecular weight excluding hydrogens is 471 g/mol. The zero-order chi connectivity index (χ0) is 24.6. The number of amides is 1. The van der Waals surface area contributed by atoms with Crippen molar-refractivity contribution in [1.29, 1.82) is 4.78 Å². The summed E-state index contributed by atoms with van der Waals surface area (Å²) in [5.74, 6) is -4.14. The molecule has 0 radical (unpaired) electrons. The van der Waals surface area contributed by atoms with Gasteiger partial charge in [0.25, 0.3) is 5.91 Å². The molecular formula is C19H21F5N6O2S. The van der Waals surface area contributed by atoms with Crippen molar-refractivity contribution in [2.75, 3.05) is 29.6 Å². The normalized spacial score (nSPS) is 18.3. The van der Waals surface area contributed by atoms with E-state index in [0.717, 1.165) is 13.2 Å². The van der Waals surface area contributed by atoms with Crippen LogP contribution < -0.4 is 10.2 Å². The molecule has 1 atom stereocenters. The number of nitrogens with one attached hydrogen (secondary N) is 2. The molecule has 14 heteroatoms. The number of nitrogens with zero attached hydrogens (tertiary/aromatic N) is 4. The number of carbonyl (C=O) groups excluding carboxylic acids is 1. The summed E-state index contributed by atoms with van der Waals surface area (Å²) in [5, 5.41) is 9.11. The number of anilines is 2. The molecule has 0 spiro atoms. The average molecular weight is 492 g/mol. The molecule has 0 aliphatic carbocycles. The highest BCUT2D eigenvalue weighted by Gasteiger charge is 2.39. The lowest BCUT2D eigenvalue weighted by Gasteiger charge is -2.25. The number of rotatable bonds is 4. The van der Waals surface area contributed by atoms with E-state index in [1.165, 1.54) is 23.2 Å². The molecule has 1 fully saturated rings. The van der Waals surface area contributed by atoms with Crippen LogP contribution in [0.5, 0.6) is 0 Å². The number of halogens is 5. The molecule has 0 bridgehead atoms. The van der Waals surface area contributed by atoms with Gasteiger partial charge in [0.15, 0.2) is 11.5 Å². The van der Waals surface area contributed by atoms with Gasteiger partial charge in [0.05, 0.1) is 15.3 Å². The zero-order valence-electron chi connectivity index (χ0n) is 17.7. The maximum absolute atomic E-state index is 13.8. The number of hydrogen-bond acceptors (Lipinski definition) is 7. The van der Waals surface area contributed by atoms with E-state index in [9.17, 15) is 31.0 Å².